The lowest BCUT2D eigenvalue weighted by molar-refractivity contribution is -0.120. The maximum Gasteiger partial charge on any atom is 0.339 e. The molecule has 32 heavy (non-hydrogen) atoms. The van der Waals surface area contributed by atoms with Crippen molar-refractivity contribution in [1.29, 1.82) is 0 Å². The van der Waals surface area contributed by atoms with Crippen LogP contribution in [0.4, 0.5) is 11.5 Å². The predicted molar refractivity (Wildman–Crippen MR) is 120 cm³/mol. The molecule has 1 fully saturated rings. The standard InChI is InChI=1S/C23H26N6O3/c1-15-11-16(2)29(27-15)21-12-20(24-14-25-21)28-10-6-7-17(13-28)22(30)26-19-9-5-4-8-18(19)23(31)32-3/h4-5,8-9,11-12,14,17H,6-7,10,13H2,1-3H3,(H,26,30). The summed E-state index contributed by atoms with van der Waals surface area (Å²) in [7, 11) is 1.32. The number of aromatic nitrogens is 4. The number of nitrogens with one attached hydrogen (secondary N) is 1. The summed E-state index contributed by atoms with van der Waals surface area (Å²) in [4.78, 5) is 35.9. The Kier molecular flexibility index (Phi) is 6.16. The van der Waals surface area contributed by atoms with Crippen molar-refractivity contribution in [1.82, 2.24) is 19.7 Å². The van der Waals surface area contributed by atoms with Gasteiger partial charge in [-0.2, -0.15) is 5.10 Å². The Bertz CT molecular complexity index is 1140. The zero-order valence-corrected chi connectivity index (χ0v) is 18.4. The third kappa shape index (κ3) is 4.46. The molecule has 1 aliphatic rings. The molecule has 1 aromatic carbocycles. The van der Waals surface area contributed by atoms with Crippen molar-refractivity contribution in [2.75, 3.05) is 30.4 Å². The van der Waals surface area contributed by atoms with Crippen LogP contribution in [0.25, 0.3) is 5.82 Å². The van der Waals surface area contributed by atoms with Gasteiger partial charge in [0.2, 0.25) is 5.91 Å². The number of rotatable bonds is 5. The molecule has 0 aliphatic carbocycles. The number of aryl methyl sites for hydroxylation is 2. The average molecular weight is 435 g/mol. The molecule has 1 unspecified atom stereocenters. The molecule has 166 valence electrons. The normalized spacial score (nSPS) is 16.0. The molecule has 1 amide bonds. The van der Waals surface area contributed by atoms with Crippen molar-refractivity contribution >= 4 is 23.4 Å². The minimum absolute atomic E-state index is 0.126. The number of para-hydroxylation sites is 1. The number of nitrogens with zero attached hydrogens (tertiary/aromatic N) is 5. The van der Waals surface area contributed by atoms with E-state index in [1.807, 2.05) is 26.0 Å². The van der Waals surface area contributed by atoms with Crippen LogP contribution in [-0.2, 0) is 9.53 Å². The second-order valence-corrected chi connectivity index (χ2v) is 7.88. The van der Waals surface area contributed by atoms with Gasteiger partial charge in [0.15, 0.2) is 5.82 Å². The molecule has 9 heteroatoms. The van der Waals surface area contributed by atoms with E-state index in [-0.39, 0.29) is 11.8 Å². The van der Waals surface area contributed by atoms with E-state index in [0.29, 0.717) is 23.6 Å². The third-order valence-electron chi connectivity index (χ3n) is 5.57. The van der Waals surface area contributed by atoms with Crippen molar-refractivity contribution in [3.8, 4) is 5.82 Å². The molecule has 2 aromatic heterocycles. The molecule has 1 N–H and O–H groups in total. The van der Waals surface area contributed by atoms with Gasteiger partial charge in [-0.25, -0.2) is 19.4 Å². The van der Waals surface area contributed by atoms with Crippen LogP contribution in [-0.4, -0.2) is 51.8 Å². The molecular formula is C23H26N6O3. The van der Waals surface area contributed by atoms with Crippen molar-refractivity contribution in [3.05, 3.63) is 59.7 Å². The Hall–Kier alpha value is -3.75. The van der Waals surface area contributed by atoms with Crippen LogP contribution in [0.3, 0.4) is 0 Å². The van der Waals surface area contributed by atoms with Crippen LogP contribution in [0.1, 0.15) is 34.6 Å². The highest BCUT2D eigenvalue weighted by Gasteiger charge is 2.28. The predicted octanol–water partition coefficient (Wildman–Crippen LogP) is 2.92. The number of carbonyl (C=O) groups is 2. The Labute approximate surface area is 186 Å². The van der Waals surface area contributed by atoms with E-state index in [0.717, 1.165) is 36.6 Å². The van der Waals surface area contributed by atoms with Crippen LogP contribution in [0.5, 0.6) is 0 Å². The largest absolute Gasteiger partial charge is 0.465 e. The first-order valence-corrected chi connectivity index (χ1v) is 10.5. The molecular weight excluding hydrogens is 408 g/mol. The van der Waals surface area contributed by atoms with Gasteiger partial charge in [0.05, 0.1) is 30.0 Å². The highest BCUT2D eigenvalue weighted by molar-refractivity contribution is 6.02. The van der Waals surface area contributed by atoms with E-state index in [9.17, 15) is 9.59 Å². The first-order chi connectivity index (χ1) is 15.5. The van der Waals surface area contributed by atoms with E-state index < -0.39 is 5.97 Å². The minimum atomic E-state index is -0.483. The fourth-order valence-corrected chi connectivity index (χ4v) is 4.00. The van der Waals surface area contributed by atoms with Gasteiger partial charge >= 0.3 is 5.97 Å². The summed E-state index contributed by atoms with van der Waals surface area (Å²) in [6.07, 6.45) is 3.14. The number of hydrogen-bond donors (Lipinski definition) is 1. The van der Waals surface area contributed by atoms with Crippen LogP contribution < -0.4 is 10.2 Å². The number of carbonyl (C=O) groups excluding carboxylic acids is 2. The summed E-state index contributed by atoms with van der Waals surface area (Å²) in [6.45, 7) is 5.25. The van der Waals surface area contributed by atoms with Crippen molar-refractivity contribution < 1.29 is 14.3 Å². The first kappa shape index (κ1) is 21.5. The molecule has 1 saturated heterocycles. The molecule has 0 saturated carbocycles. The van der Waals surface area contributed by atoms with Gasteiger partial charge in [-0.1, -0.05) is 12.1 Å². The van der Waals surface area contributed by atoms with E-state index in [1.54, 1.807) is 28.9 Å². The third-order valence-corrected chi connectivity index (χ3v) is 5.57. The monoisotopic (exact) mass is 434 g/mol. The number of methoxy groups -OCH3 is 1. The number of benzene rings is 1. The Morgan fingerprint density at radius 1 is 1.12 bits per heavy atom. The fraction of sp³-hybridized carbons (Fsp3) is 0.348. The van der Waals surface area contributed by atoms with Crippen LogP contribution in [0, 0.1) is 19.8 Å². The van der Waals surface area contributed by atoms with Gasteiger partial charge in [-0.05, 0) is 44.9 Å². The van der Waals surface area contributed by atoms with Gasteiger partial charge in [0, 0.05) is 24.8 Å². The highest BCUT2D eigenvalue weighted by Crippen LogP contribution is 2.25. The van der Waals surface area contributed by atoms with Crippen molar-refractivity contribution in [2.45, 2.75) is 26.7 Å². The summed E-state index contributed by atoms with van der Waals surface area (Å²) in [5.74, 6) is 0.610. The maximum atomic E-state index is 13.0. The van der Waals surface area contributed by atoms with Crippen LogP contribution in [0.2, 0.25) is 0 Å². The molecule has 9 nitrogen and oxygen atoms in total. The van der Waals surface area contributed by atoms with Gasteiger partial charge in [-0.3, -0.25) is 4.79 Å². The zero-order chi connectivity index (χ0) is 22.7. The van der Waals surface area contributed by atoms with E-state index >= 15 is 0 Å². The van der Waals surface area contributed by atoms with E-state index in [4.69, 9.17) is 4.74 Å². The van der Waals surface area contributed by atoms with Gasteiger partial charge in [0.1, 0.15) is 12.1 Å². The van der Waals surface area contributed by atoms with E-state index in [2.05, 4.69) is 25.3 Å². The topological polar surface area (TPSA) is 102 Å². The number of hydrogen-bond acceptors (Lipinski definition) is 7. The smallest absolute Gasteiger partial charge is 0.339 e. The lowest BCUT2D eigenvalue weighted by atomic mass is 9.96. The molecule has 1 aliphatic heterocycles. The highest BCUT2D eigenvalue weighted by atomic mass is 16.5. The molecule has 3 heterocycles. The molecule has 0 bridgehead atoms. The molecule has 3 aromatic rings. The number of piperidine rings is 1. The minimum Gasteiger partial charge on any atom is -0.465 e. The molecule has 0 spiro atoms. The van der Waals surface area contributed by atoms with Crippen molar-refractivity contribution in [3.63, 3.8) is 0 Å². The van der Waals surface area contributed by atoms with Crippen LogP contribution >= 0.6 is 0 Å². The SMILES string of the molecule is COC(=O)c1ccccc1NC(=O)C1CCCN(c2cc(-n3nc(C)cc3C)ncn2)C1. The number of anilines is 2. The number of ether oxygens (including phenoxy) is 1. The Morgan fingerprint density at radius 3 is 2.66 bits per heavy atom. The lowest BCUT2D eigenvalue weighted by Gasteiger charge is -2.33. The van der Waals surface area contributed by atoms with Crippen molar-refractivity contribution in [2.24, 2.45) is 5.92 Å². The number of esters is 1. The quantitative estimate of drug-likeness (QED) is 0.616. The molecule has 4 rings (SSSR count). The van der Waals surface area contributed by atoms with Crippen LogP contribution in [0.15, 0.2) is 42.7 Å². The summed E-state index contributed by atoms with van der Waals surface area (Å²) >= 11 is 0. The summed E-state index contributed by atoms with van der Waals surface area (Å²) in [5.41, 5.74) is 2.70. The summed E-state index contributed by atoms with van der Waals surface area (Å²) in [5, 5.41) is 7.39. The van der Waals surface area contributed by atoms with Gasteiger partial charge in [-0.15, -0.1) is 0 Å². The van der Waals surface area contributed by atoms with Gasteiger partial charge < -0.3 is 15.0 Å². The molecule has 0 radical (unpaired) electrons. The second-order valence-electron chi connectivity index (χ2n) is 7.88. The lowest BCUT2D eigenvalue weighted by Crippen LogP contribution is -2.41. The number of amides is 1. The van der Waals surface area contributed by atoms with Gasteiger partial charge in [0.25, 0.3) is 0 Å². The fourth-order valence-electron chi connectivity index (χ4n) is 4.00. The summed E-state index contributed by atoms with van der Waals surface area (Å²) < 4.78 is 6.61. The maximum absolute atomic E-state index is 13.0. The Balaban J connectivity index is 1.50. The first-order valence-electron chi connectivity index (χ1n) is 10.5. The zero-order valence-electron chi connectivity index (χ0n) is 18.4. The second kappa shape index (κ2) is 9.17. The summed E-state index contributed by atoms with van der Waals surface area (Å²) in [6, 6.07) is 10.7. The Morgan fingerprint density at radius 2 is 1.91 bits per heavy atom. The molecule has 1 atom stereocenters. The average Bonchev–Trinajstić information content (AvgIpc) is 3.17. The van der Waals surface area contributed by atoms with E-state index in [1.165, 1.54) is 13.4 Å².